The summed E-state index contributed by atoms with van der Waals surface area (Å²) in [4.78, 5) is 11.4. The minimum Gasteiger partial charge on any atom is -0.508 e. The number of phenols is 1. The Balaban J connectivity index is 2.49. The topological polar surface area (TPSA) is 49.3 Å². The Morgan fingerprint density at radius 1 is 1.10 bits per heavy atom. The molecule has 0 heterocycles. The van der Waals surface area contributed by atoms with Crippen molar-refractivity contribution < 1.29 is 9.90 Å². The fourth-order valence-corrected chi connectivity index (χ4v) is 2.45. The number of rotatable bonds is 3. The van der Waals surface area contributed by atoms with Gasteiger partial charge in [0.05, 0.1) is 6.04 Å². The molecule has 20 heavy (non-hydrogen) atoms. The van der Waals surface area contributed by atoms with E-state index in [9.17, 15) is 9.90 Å². The Hall–Kier alpha value is -1.71. The second-order valence-electron chi connectivity index (χ2n) is 4.43. The van der Waals surface area contributed by atoms with Gasteiger partial charge in [0.2, 0.25) is 5.91 Å². The van der Waals surface area contributed by atoms with E-state index in [0.717, 1.165) is 5.56 Å². The monoisotopic (exact) mass is 309 g/mol. The minimum absolute atomic E-state index is 0.0462. The van der Waals surface area contributed by atoms with Crippen LogP contribution in [0.25, 0.3) is 0 Å². The standard InChI is InChI=1S/C15H13Cl2NO2/c1-9(19)18-15(10-3-2-4-12(16)5-10)11-6-13(17)8-14(20)7-11/h2-8,15,20H,1H3,(H,18,19)/t15-/m0/s1. The molecular weight excluding hydrogens is 297 g/mol. The molecule has 2 rings (SSSR count). The Morgan fingerprint density at radius 2 is 1.80 bits per heavy atom. The van der Waals surface area contributed by atoms with Crippen LogP contribution in [0, 0.1) is 0 Å². The van der Waals surface area contributed by atoms with Gasteiger partial charge in [-0.25, -0.2) is 0 Å². The van der Waals surface area contributed by atoms with Crippen molar-refractivity contribution in [3.63, 3.8) is 0 Å². The van der Waals surface area contributed by atoms with E-state index in [-0.39, 0.29) is 11.7 Å². The second kappa shape index (κ2) is 6.16. The molecule has 0 aliphatic carbocycles. The predicted octanol–water partition coefficient (Wildman–Crippen LogP) is 3.92. The van der Waals surface area contributed by atoms with Gasteiger partial charge in [0.1, 0.15) is 5.75 Å². The molecule has 0 aliphatic rings. The van der Waals surface area contributed by atoms with E-state index in [2.05, 4.69) is 5.32 Å². The van der Waals surface area contributed by atoms with Gasteiger partial charge in [-0.3, -0.25) is 4.79 Å². The Bertz CT molecular complexity index is 623. The molecule has 0 saturated carbocycles. The molecule has 0 saturated heterocycles. The van der Waals surface area contributed by atoms with Crippen LogP contribution in [-0.2, 0) is 4.79 Å². The summed E-state index contributed by atoms with van der Waals surface area (Å²) in [6, 6.07) is 11.5. The molecule has 0 bridgehead atoms. The van der Waals surface area contributed by atoms with Crippen LogP contribution >= 0.6 is 23.2 Å². The van der Waals surface area contributed by atoms with E-state index in [4.69, 9.17) is 23.2 Å². The van der Waals surface area contributed by atoms with Gasteiger partial charge in [-0.15, -0.1) is 0 Å². The number of halogens is 2. The Morgan fingerprint density at radius 3 is 2.40 bits per heavy atom. The number of hydrogen-bond donors (Lipinski definition) is 2. The summed E-state index contributed by atoms with van der Waals surface area (Å²) in [5.41, 5.74) is 1.50. The molecule has 1 amide bonds. The van der Waals surface area contributed by atoms with Gasteiger partial charge in [-0.2, -0.15) is 0 Å². The lowest BCUT2D eigenvalue weighted by molar-refractivity contribution is -0.119. The zero-order valence-electron chi connectivity index (χ0n) is 10.7. The summed E-state index contributed by atoms with van der Waals surface area (Å²) in [5.74, 6) is -0.140. The zero-order valence-corrected chi connectivity index (χ0v) is 12.2. The fourth-order valence-electron chi connectivity index (χ4n) is 2.01. The van der Waals surface area contributed by atoms with Gasteiger partial charge < -0.3 is 10.4 Å². The Kier molecular flexibility index (Phi) is 4.53. The molecule has 0 fully saturated rings. The van der Waals surface area contributed by atoms with Crippen LogP contribution in [0.1, 0.15) is 24.1 Å². The zero-order chi connectivity index (χ0) is 14.7. The number of nitrogens with one attached hydrogen (secondary N) is 1. The van der Waals surface area contributed by atoms with Gasteiger partial charge in [-0.1, -0.05) is 35.3 Å². The smallest absolute Gasteiger partial charge is 0.217 e. The normalized spacial score (nSPS) is 11.9. The average Bonchev–Trinajstić information content (AvgIpc) is 2.34. The largest absolute Gasteiger partial charge is 0.508 e. The van der Waals surface area contributed by atoms with Crippen LogP contribution in [0.3, 0.4) is 0 Å². The number of amides is 1. The van der Waals surface area contributed by atoms with E-state index in [1.54, 1.807) is 30.3 Å². The highest BCUT2D eigenvalue weighted by Crippen LogP contribution is 2.29. The van der Waals surface area contributed by atoms with Crippen LogP contribution in [0.2, 0.25) is 10.0 Å². The predicted molar refractivity (Wildman–Crippen MR) is 80.2 cm³/mol. The summed E-state index contributed by atoms with van der Waals surface area (Å²) in [7, 11) is 0. The van der Waals surface area contributed by atoms with E-state index < -0.39 is 6.04 Å². The number of aromatic hydroxyl groups is 1. The van der Waals surface area contributed by atoms with Crippen molar-refractivity contribution in [3.05, 3.63) is 63.6 Å². The van der Waals surface area contributed by atoms with Crippen LogP contribution < -0.4 is 5.32 Å². The van der Waals surface area contributed by atoms with Crippen LogP contribution in [-0.4, -0.2) is 11.0 Å². The fraction of sp³-hybridized carbons (Fsp3) is 0.133. The first-order chi connectivity index (χ1) is 9.45. The van der Waals surface area contributed by atoms with Crippen molar-refractivity contribution in [2.75, 3.05) is 0 Å². The number of carbonyl (C=O) groups excluding carboxylic acids is 1. The minimum atomic E-state index is -0.421. The van der Waals surface area contributed by atoms with Crippen molar-refractivity contribution in [2.45, 2.75) is 13.0 Å². The van der Waals surface area contributed by atoms with Crippen LogP contribution in [0.5, 0.6) is 5.75 Å². The van der Waals surface area contributed by atoms with Crippen molar-refractivity contribution in [1.29, 1.82) is 0 Å². The molecule has 0 spiro atoms. The third kappa shape index (κ3) is 3.65. The second-order valence-corrected chi connectivity index (χ2v) is 5.30. The molecule has 2 aromatic carbocycles. The maximum absolute atomic E-state index is 11.4. The molecule has 3 nitrogen and oxygen atoms in total. The quantitative estimate of drug-likeness (QED) is 0.902. The van der Waals surface area contributed by atoms with Gasteiger partial charge in [0.25, 0.3) is 0 Å². The molecule has 0 aliphatic heterocycles. The lowest BCUT2D eigenvalue weighted by Crippen LogP contribution is -2.26. The highest BCUT2D eigenvalue weighted by atomic mass is 35.5. The number of phenolic OH excluding ortho intramolecular Hbond substituents is 1. The molecule has 2 aromatic rings. The van der Waals surface area contributed by atoms with Crippen molar-refractivity contribution in [2.24, 2.45) is 0 Å². The van der Waals surface area contributed by atoms with Crippen LogP contribution in [0.4, 0.5) is 0 Å². The first kappa shape index (κ1) is 14.7. The summed E-state index contributed by atoms with van der Waals surface area (Å²) in [6.07, 6.45) is 0. The van der Waals surface area contributed by atoms with Crippen molar-refractivity contribution >= 4 is 29.1 Å². The van der Waals surface area contributed by atoms with E-state index in [1.165, 1.54) is 13.0 Å². The Labute approximate surface area is 127 Å². The number of hydrogen-bond acceptors (Lipinski definition) is 2. The first-order valence-corrected chi connectivity index (χ1v) is 6.73. The third-order valence-electron chi connectivity index (χ3n) is 2.77. The van der Waals surface area contributed by atoms with Crippen molar-refractivity contribution in [3.8, 4) is 5.75 Å². The van der Waals surface area contributed by atoms with Crippen molar-refractivity contribution in [1.82, 2.24) is 5.32 Å². The number of carbonyl (C=O) groups is 1. The molecule has 0 unspecified atom stereocenters. The lowest BCUT2D eigenvalue weighted by Gasteiger charge is -2.19. The lowest BCUT2D eigenvalue weighted by atomic mass is 9.98. The molecule has 5 heteroatoms. The summed E-state index contributed by atoms with van der Waals surface area (Å²) >= 11 is 11.9. The molecule has 1 atom stereocenters. The van der Waals surface area contributed by atoms with E-state index >= 15 is 0 Å². The molecule has 104 valence electrons. The molecule has 0 aromatic heterocycles. The first-order valence-electron chi connectivity index (χ1n) is 5.98. The highest BCUT2D eigenvalue weighted by molar-refractivity contribution is 6.31. The molecular formula is C15H13Cl2NO2. The summed E-state index contributed by atoms with van der Waals surface area (Å²) in [6.45, 7) is 1.43. The third-order valence-corrected chi connectivity index (χ3v) is 3.22. The SMILES string of the molecule is CC(=O)N[C@@H](c1cccc(Cl)c1)c1cc(O)cc(Cl)c1. The maximum atomic E-state index is 11.4. The average molecular weight is 310 g/mol. The highest BCUT2D eigenvalue weighted by Gasteiger charge is 2.17. The molecule has 2 N–H and O–H groups in total. The van der Waals surface area contributed by atoms with E-state index in [0.29, 0.717) is 15.6 Å². The summed E-state index contributed by atoms with van der Waals surface area (Å²) < 4.78 is 0. The summed E-state index contributed by atoms with van der Waals surface area (Å²) in [5, 5.41) is 13.5. The van der Waals surface area contributed by atoms with E-state index in [1.807, 2.05) is 6.07 Å². The maximum Gasteiger partial charge on any atom is 0.217 e. The number of benzene rings is 2. The van der Waals surface area contributed by atoms with Gasteiger partial charge >= 0.3 is 0 Å². The molecule has 0 radical (unpaired) electrons. The van der Waals surface area contributed by atoms with Gasteiger partial charge in [0, 0.05) is 17.0 Å². The van der Waals surface area contributed by atoms with Crippen LogP contribution in [0.15, 0.2) is 42.5 Å². The van der Waals surface area contributed by atoms with Gasteiger partial charge in [-0.05, 0) is 41.5 Å². The van der Waals surface area contributed by atoms with Gasteiger partial charge in [0.15, 0.2) is 0 Å².